The third kappa shape index (κ3) is 2.72. The minimum atomic E-state index is -2.60. The van der Waals surface area contributed by atoms with Crippen molar-refractivity contribution in [2.45, 2.75) is 24.2 Å². The first kappa shape index (κ1) is 19.6. The summed E-state index contributed by atoms with van der Waals surface area (Å²) in [6.45, 7) is 0. The van der Waals surface area contributed by atoms with Crippen molar-refractivity contribution in [1.29, 1.82) is 0 Å². The van der Waals surface area contributed by atoms with Gasteiger partial charge < -0.3 is 20.8 Å². The zero-order valence-corrected chi connectivity index (χ0v) is 13.6. The maximum Gasteiger partial charge on any atom is 0.329 e. The highest BCUT2D eigenvalue weighted by Crippen LogP contribution is 2.33. The monoisotopic (exact) mass is 387 g/mol. The maximum atomic E-state index is 11.8. The van der Waals surface area contributed by atoms with Gasteiger partial charge >= 0.3 is 11.3 Å². The number of fused-ring (bicyclic) bond motifs is 1. The molecule has 1 heterocycles. The lowest BCUT2D eigenvalue weighted by Gasteiger charge is -2.46. The van der Waals surface area contributed by atoms with Crippen LogP contribution >= 0.6 is 0 Å². The Morgan fingerprint density at radius 2 is 1.11 bits per heavy atom. The number of aromatic nitrogens is 3. The van der Waals surface area contributed by atoms with Gasteiger partial charge in [-0.2, -0.15) is 25.7 Å². The number of nitrogens with one attached hydrogen (secondary N) is 4. The predicted octanol–water partition coefficient (Wildman–Crippen LogP) is -5.55. The van der Waals surface area contributed by atoms with E-state index in [0.717, 1.165) is 4.80 Å². The normalized spacial score (nSPS) is 29.6. The van der Waals surface area contributed by atoms with E-state index in [0.29, 0.717) is 0 Å². The summed E-state index contributed by atoms with van der Waals surface area (Å²) in [5.41, 5.74) is -6.33. The fourth-order valence-corrected chi connectivity index (χ4v) is 3.19. The van der Waals surface area contributed by atoms with Gasteiger partial charge in [0, 0.05) is 0 Å². The zero-order valence-electron chi connectivity index (χ0n) is 13.6. The highest BCUT2D eigenvalue weighted by Gasteiger charge is 2.66. The smallest absolute Gasteiger partial charge is 0.329 e. The SMILES string of the molecule is [O-][NH+](O)C1([NH+]([O-])O)CCC([NH+]([O-])O)([NH+]([O-])O)c2nn(-c3ccccc3)nc21. The van der Waals surface area contributed by atoms with Crippen molar-refractivity contribution >= 4 is 0 Å². The lowest BCUT2D eigenvalue weighted by atomic mass is 9.83. The molecular weight excluding hydrogens is 370 g/mol. The molecule has 0 fully saturated rings. The largest absolute Gasteiger partial charge is 0.595 e. The average molecular weight is 387 g/mol. The molecule has 1 aliphatic carbocycles. The van der Waals surface area contributed by atoms with Crippen LogP contribution in [0.15, 0.2) is 30.3 Å². The zero-order chi connectivity index (χ0) is 20.0. The second kappa shape index (κ2) is 6.80. The van der Waals surface area contributed by atoms with E-state index >= 15 is 0 Å². The van der Waals surface area contributed by atoms with Gasteiger partial charge in [-0.1, -0.05) is 18.2 Å². The maximum absolute atomic E-state index is 11.8. The molecule has 27 heavy (non-hydrogen) atoms. The summed E-state index contributed by atoms with van der Waals surface area (Å²) < 4.78 is 0. The topological polar surface area (TPSA) is 222 Å². The standard InChI is InChI=1S/C12H17N7O8/c20-16(21)11(17(22)23)6-7-12(18(24)25,19(26)27)10-9(11)13-15(14-10)8-4-2-1-3-5-8/h1-5,16-20,22,24,26H,6-7H2. The van der Waals surface area contributed by atoms with Crippen LogP contribution in [-0.2, 0) is 11.3 Å². The van der Waals surface area contributed by atoms with Crippen molar-refractivity contribution in [2.24, 2.45) is 0 Å². The van der Waals surface area contributed by atoms with Crippen molar-refractivity contribution < 1.29 is 41.7 Å². The predicted molar refractivity (Wildman–Crippen MR) is 78.4 cm³/mol. The lowest BCUT2D eigenvalue weighted by molar-refractivity contribution is -1.30. The van der Waals surface area contributed by atoms with Crippen LogP contribution in [-0.4, -0.2) is 35.8 Å². The van der Waals surface area contributed by atoms with E-state index < -0.39 is 56.5 Å². The summed E-state index contributed by atoms with van der Waals surface area (Å²) in [5, 5.41) is 86.3. The Bertz CT molecular complexity index is 735. The van der Waals surface area contributed by atoms with Gasteiger partial charge in [-0.15, -0.1) is 10.2 Å². The Morgan fingerprint density at radius 3 is 1.44 bits per heavy atom. The van der Waals surface area contributed by atoms with E-state index in [1.165, 1.54) is 12.1 Å². The summed E-state index contributed by atoms with van der Waals surface area (Å²) in [4.78, 5) is 0.844. The Labute approximate surface area is 150 Å². The summed E-state index contributed by atoms with van der Waals surface area (Å²) in [5.74, 6) is 0. The molecule has 15 nitrogen and oxygen atoms in total. The van der Waals surface area contributed by atoms with E-state index in [1.54, 1.807) is 18.2 Å². The second-order valence-corrected chi connectivity index (χ2v) is 6.05. The molecule has 0 bridgehead atoms. The fourth-order valence-electron chi connectivity index (χ4n) is 3.19. The van der Waals surface area contributed by atoms with Crippen molar-refractivity contribution in [2.75, 3.05) is 0 Å². The summed E-state index contributed by atoms with van der Waals surface area (Å²) in [6.07, 6.45) is -1.53. The van der Waals surface area contributed by atoms with Crippen LogP contribution < -0.4 is 20.9 Å². The van der Waals surface area contributed by atoms with Gasteiger partial charge in [0.25, 0.3) is 0 Å². The molecular formula is C12H17N7O8. The van der Waals surface area contributed by atoms with E-state index in [4.69, 9.17) is 0 Å². The van der Waals surface area contributed by atoms with Crippen molar-refractivity contribution in [3.05, 3.63) is 62.5 Å². The van der Waals surface area contributed by atoms with Crippen molar-refractivity contribution in [3.63, 3.8) is 0 Å². The third-order valence-corrected chi connectivity index (χ3v) is 4.74. The van der Waals surface area contributed by atoms with Gasteiger partial charge in [-0.3, -0.25) is 0 Å². The molecule has 3 rings (SSSR count). The molecule has 8 N–H and O–H groups in total. The van der Waals surface area contributed by atoms with Crippen LogP contribution in [0.1, 0.15) is 24.2 Å². The quantitative estimate of drug-likeness (QED) is 0.179. The highest BCUT2D eigenvalue weighted by atomic mass is 16.9. The molecule has 0 radical (unpaired) electrons. The minimum Gasteiger partial charge on any atom is -0.595 e. The minimum absolute atomic E-state index is 0.279. The molecule has 148 valence electrons. The van der Waals surface area contributed by atoms with Crippen LogP contribution in [0.4, 0.5) is 0 Å². The van der Waals surface area contributed by atoms with Gasteiger partial charge in [0.2, 0.25) is 11.4 Å². The van der Waals surface area contributed by atoms with Crippen LogP contribution in [0.2, 0.25) is 0 Å². The molecule has 1 aromatic heterocycles. The Kier molecular flexibility index (Phi) is 4.94. The summed E-state index contributed by atoms with van der Waals surface area (Å²) in [6, 6.07) is 7.89. The van der Waals surface area contributed by atoms with Gasteiger partial charge in [-0.25, -0.2) is 20.8 Å². The molecule has 4 unspecified atom stereocenters. The van der Waals surface area contributed by atoms with Gasteiger partial charge in [0.05, 0.1) is 18.5 Å². The molecule has 0 spiro atoms. The Morgan fingerprint density at radius 1 is 0.741 bits per heavy atom. The average Bonchev–Trinajstić information content (AvgIpc) is 3.06. The number of hydrogen-bond donors (Lipinski definition) is 8. The van der Waals surface area contributed by atoms with E-state index in [1.807, 2.05) is 0 Å². The van der Waals surface area contributed by atoms with E-state index in [9.17, 15) is 41.7 Å². The number of hydrogen-bond acceptors (Lipinski definition) is 10. The highest BCUT2D eigenvalue weighted by molar-refractivity contribution is 5.31. The Balaban J connectivity index is 2.32. The summed E-state index contributed by atoms with van der Waals surface area (Å²) in [7, 11) is 0. The molecule has 0 amide bonds. The molecule has 1 aliphatic rings. The van der Waals surface area contributed by atoms with Crippen molar-refractivity contribution in [3.8, 4) is 5.69 Å². The van der Waals surface area contributed by atoms with Gasteiger partial charge in [0.1, 0.15) is 0 Å². The first-order chi connectivity index (χ1) is 12.7. The number of hydroxylamine groups is 8. The number of quaternary nitrogens is 4. The third-order valence-electron chi connectivity index (χ3n) is 4.74. The van der Waals surface area contributed by atoms with E-state index in [2.05, 4.69) is 10.2 Å². The molecule has 0 aliphatic heterocycles. The van der Waals surface area contributed by atoms with Crippen LogP contribution in [0.3, 0.4) is 0 Å². The van der Waals surface area contributed by atoms with Gasteiger partial charge in [-0.05, 0) is 12.1 Å². The number of para-hydroxylation sites is 1. The second-order valence-electron chi connectivity index (χ2n) is 6.05. The first-order valence-electron chi connectivity index (χ1n) is 7.65. The molecule has 0 saturated heterocycles. The molecule has 1 aromatic carbocycles. The number of benzene rings is 1. The number of nitrogens with zero attached hydrogens (tertiary/aromatic N) is 3. The first-order valence-corrected chi connectivity index (χ1v) is 7.65. The van der Waals surface area contributed by atoms with Crippen LogP contribution in [0, 0.1) is 20.8 Å². The summed E-state index contributed by atoms with van der Waals surface area (Å²) >= 11 is 0. The Hall–Kier alpha value is -2.12. The van der Waals surface area contributed by atoms with E-state index in [-0.39, 0.29) is 5.69 Å². The molecule has 2 aromatic rings. The number of rotatable bonds is 5. The molecule has 4 atom stereocenters. The van der Waals surface area contributed by atoms with Crippen LogP contribution in [0.25, 0.3) is 5.69 Å². The molecule has 15 heteroatoms. The lowest BCUT2D eigenvalue weighted by Crippen LogP contribution is -3.37. The molecule has 0 saturated carbocycles. The fraction of sp³-hybridized carbons (Fsp3) is 0.333. The van der Waals surface area contributed by atoms with Crippen molar-refractivity contribution in [1.82, 2.24) is 15.0 Å². The van der Waals surface area contributed by atoms with Crippen LogP contribution in [0.5, 0.6) is 0 Å². The van der Waals surface area contributed by atoms with Gasteiger partial charge in [0.15, 0.2) is 0 Å².